The van der Waals surface area contributed by atoms with Gasteiger partial charge >= 0.3 is 4.87 Å². The lowest BCUT2D eigenvalue weighted by Gasteiger charge is -2.06. The number of benzene rings is 1. The van der Waals surface area contributed by atoms with Crippen LogP contribution in [0.25, 0.3) is 0 Å². The van der Waals surface area contributed by atoms with E-state index in [0.29, 0.717) is 17.0 Å². The molecular formula is C14H14N2O3S. The second-order valence-electron chi connectivity index (χ2n) is 4.46. The number of aromatic nitrogens is 1. The topological polar surface area (TPSA) is 82.5 Å². The molecule has 6 heteroatoms. The molecule has 0 atom stereocenters. The molecule has 2 aromatic rings. The number of nitrogens with one attached hydrogen (secondary N) is 1. The SMILES string of the molecule is CC(=Nc1c(C)cccc1C)c1c(O)sc(=O)[nH]c1=O. The quantitative estimate of drug-likeness (QED) is 0.832. The van der Waals surface area contributed by atoms with Gasteiger partial charge in [0.2, 0.25) is 0 Å². The number of hydrogen-bond acceptors (Lipinski definition) is 5. The van der Waals surface area contributed by atoms with Crippen LogP contribution in [0.2, 0.25) is 0 Å². The average Bonchev–Trinajstić information content (AvgIpc) is 2.32. The zero-order chi connectivity index (χ0) is 14.9. The molecule has 0 saturated heterocycles. The summed E-state index contributed by atoms with van der Waals surface area (Å²) in [5.74, 6) is 0. The third kappa shape index (κ3) is 2.70. The molecule has 0 unspecified atom stereocenters. The van der Waals surface area contributed by atoms with Crippen molar-refractivity contribution in [1.82, 2.24) is 4.98 Å². The first-order valence-electron chi connectivity index (χ1n) is 5.98. The third-order valence-corrected chi connectivity index (χ3v) is 3.61. The van der Waals surface area contributed by atoms with Crippen LogP contribution < -0.4 is 10.4 Å². The van der Waals surface area contributed by atoms with Crippen molar-refractivity contribution < 1.29 is 5.11 Å². The molecule has 0 amide bonds. The Labute approximate surface area is 119 Å². The van der Waals surface area contributed by atoms with E-state index < -0.39 is 10.4 Å². The average molecular weight is 290 g/mol. The third-order valence-electron chi connectivity index (χ3n) is 2.93. The van der Waals surface area contributed by atoms with E-state index in [-0.39, 0.29) is 10.6 Å². The molecule has 104 valence electrons. The van der Waals surface area contributed by atoms with Gasteiger partial charge < -0.3 is 5.11 Å². The summed E-state index contributed by atoms with van der Waals surface area (Å²) in [7, 11) is 0. The zero-order valence-corrected chi connectivity index (χ0v) is 12.2. The maximum Gasteiger partial charge on any atom is 0.310 e. The Morgan fingerprint density at radius 2 is 1.85 bits per heavy atom. The number of aromatic amines is 1. The minimum atomic E-state index is -0.626. The molecule has 0 spiro atoms. The van der Waals surface area contributed by atoms with E-state index in [9.17, 15) is 14.7 Å². The summed E-state index contributed by atoms with van der Waals surface area (Å²) in [5, 5.41) is 9.46. The van der Waals surface area contributed by atoms with Crippen molar-refractivity contribution in [3.63, 3.8) is 0 Å². The summed E-state index contributed by atoms with van der Waals surface area (Å²) < 4.78 is 0. The van der Waals surface area contributed by atoms with Crippen LogP contribution in [0.1, 0.15) is 23.6 Å². The van der Waals surface area contributed by atoms with Crippen LogP contribution >= 0.6 is 11.3 Å². The first-order chi connectivity index (χ1) is 9.40. The maximum absolute atomic E-state index is 11.8. The molecule has 0 saturated carbocycles. The number of nitrogens with zero attached hydrogens (tertiary/aromatic N) is 1. The summed E-state index contributed by atoms with van der Waals surface area (Å²) in [6.07, 6.45) is 0. The van der Waals surface area contributed by atoms with Gasteiger partial charge in [-0.15, -0.1) is 0 Å². The number of hydrogen-bond donors (Lipinski definition) is 2. The lowest BCUT2D eigenvalue weighted by Crippen LogP contribution is -2.22. The number of rotatable bonds is 2. The summed E-state index contributed by atoms with van der Waals surface area (Å²) in [4.78, 5) is 28.9. The maximum atomic E-state index is 11.8. The smallest absolute Gasteiger partial charge is 0.310 e. The molecule has 20 heavy (non-hydrogen) atoms. The van der Waals surface area contributed by atoms with Gasteiger partial charge in [-0.05, 0) is 43.2 Å². The second kappa shape index (κ2) is 5.42. The molecule has 0 bridgehead atoms. The van der Waals surface area contributed by atoms with Crippen molar-refractivity contribution in [3.8, 4) is 5.06 Å². The van der Waals surface area contributed by atoms with Gasteiger partial charge in [-0.1, -0.05) is 18.2 Å². The lowest BCUT2D eigenvalue weighted by molar-refractivity contribution is 0.487. The molecular weight excluding hydrogens is 276 g/mol. The van der Waals surface area contributed by atoms with E-state index in [2.05, 4.69) is 9.98 Å². The number of para-hydroxylation sites is 1. The normalized spacial score (nSPS) is 11.7. The van der Waals surface area contributed by atoms with E-state index >= 15 is 0 Å². The Balaban J connectivity index is 2.63. The Bertz CT molecular complexity index is 783. The van der Waals surface area contributed by atoms with Gasteiger partial charge in [0.05, 0.1) is 11.4 Å². The molecule has 1 aromatic heterocycles. The van der Waals surface area contributed by atoms with Crippen molar-refractivity contribution in [2.24, 2.45) is 4.99 Å². The van der Waals surface area contributed by atoms with Crippen LogP contribution in [-0.2, 0) is 0 Å². The van der Waals surface area contributed by atoms with Crippen molar-refractivity contribution in [2.75, 3.05) is 0 Å². The van der Waals surface area contributed by atoms with Crippen molar-refractivity contribution >= 4 is 22.7 Å². The first-order valence-corrected chi connectivity index (χ1v) is 6.80. The molecule has 0 fully saturated rings. The van der Waals surface area contributed by atoms with Crippen LogP contribution in [-0.4, -0.2) is 15.8 Å². The van der Waals surface area contributed by atoms with E-state index in [1.54, 1.807) is 6.92 Å². The minimum Gasteiger partial charge on any atom is -0.499 e. The summed E-state index contributed by atoms with van der Waals surface area (Å²) >= 11 is 0.584. The molecule has 0 aliphatic carbocycles. The minimum absolute atomic E-state index is 0.0391. The molecule has 0 radical (unpaired) electrons. The molecule has 0 aliphatic rings. The highest BCUT2D eigenvalue weighted by molar-refractivity contribution is 7.11. The first kappa shape index (κ1) is 14.2. The predicted molar refractivity (Wildman–Crippen MR) is 80.7 cm³/mol. The largest absolute Gasteiger partial charge is 0.499 e. The molecule has 2 N–H and O–H groups in total. The van der Waals surface area contributed by atoms with Crippen LogP contribution in [0.15, 0.2) is 32.8 Å². The van der Waals surface area contributed by atoms with Gasteiger partial charge in [-0.3, -0.25) is 19.6 Å². The van der Waals surface area contributed by atoms with Crippen molar-refractivity contribution in [3.05, 3.63) is 54.9 Å². The fourth-order valence-electron chi connectivity index (χ4n) is 1.94. The van der Waals surface area contributed by atoms with Crippen LogP contribution in [0.3, 0.4) is 0 Å². The van der Waals surface area contributed by atoms with Gasteiger partial charge in [0, 0.05) is 0 Å². The van der Waals surface area contributed by atoms with Gasteiger partial charge in [0.1, 0.15) is 5.56 Å². The zero-order valence-electron chi connectivity index (χ0n) is 11.4. The Hall–Kier alpha value is -2.21. The van der Waals surface area contributed by atoms with Crippen LogP contribution in [0, 0.1) is 13.8 Å². The Morgan fingerprint density at radius 3 is 2.40 bits per heavy atom. The van der Waals surface area contributed by atoms with Gasteiger partial charge in [-0.2, -0.15) is 0 Å². The second-order valence-corrected chi connectivity index (χ2v) is 5.42. The highest BCUT2D eigenvalue weighted by Gasteiger charge is 2.13. The van der Waals surface area contributed by atoms with E-state index in [0.717, 1.165) is 16.8 Å². The number of aryl methyl sites for hydroxylation is 2. The lowest BCUT2D eigenvalue weighted by atomic mass is 10.1. The summed E-state index contributed by atoms with van der Waals surface area (Å²) in [5.41, 5.74) is 2.50. The van der Waals surface area contributed by atoms with Gasteiger partial charge in [-0.25, -0.2) is 0 Å². The number of aromatic hydroxyl groups is 1. The highest BCUT2D eigenvalue weighted by atomic mass is 32.1. The summed E-state index contributed by atoms with van der Waals surface area (Å²) in [6, 6.07) is 5.77. The number of aliphatic imine (C=N–C) groups is 1. The van der Waals surface area contributed by atoms with Gasteiger partial charge in [0.25, 0.3) is 5.56 Å². The molecule has 0 aliphatic heterocycles. The van der Waals surface area contributed by atoms with E-state index in [4.69, 9.17) is 0 Å². The monoisotopic (exact) mass is 290 g/mol. The van der Waals surface area contributed by atoms with Crippen LogP contribution in [0.4, 0.5) is 5.69 Å². The Morgan fingerprint density at radius 1 is 1.25 bits per heavy atom. The van der Waals surface area contributed by atoms with E-state index in [1.165, 1.54) is 0 Å². The standard InChI is InChI=1S/C14H14N2O3S/c1-7-5-4-6-8(2)11(7)15-9(3)10-12(17)16-14(19)20-13(10)18/h4-6,18H,1-3H3,(H,16,17,19). The highest BCUT2D eigenvalue weighted by Crippen LogP contribution is 2.25. The van der Waals surface area contributed by atoms with E-state index in [1.807, 2.05) is 32.0 Å². The van der Waals surface area contributed by atoms with Crippen molar-refractivity contribution in [2.45, 2.75) is 20.8 Å². The molecule has 1 heterocycles. The van der Waals surface area contributed by atoms with Crippen molar-refractivity contribution in [1.29, 1.82) is 0 Å². The number of H-pyrrole nitrogens is 1. The molecule has 2 rings (SSSR count). The predicted octanol–water partition coefficient (Wildman–Crippen LogP) is 2.26. The summed E-state index contributed by atoms with van der Waals surface area (Å²) in [6.45, 7) is 5.48. The molecule has 1 aromatic carbocycles. The fourth-order valence-corrected chi connectivity index (χ4v) is 2.60. The molecule has 5 nitrogen and oxygen atoms in total. The fraction of sp³-hybridized carbons (Fsp3) is 0.214. The Kier molecular flexibility index (Phi) is 3.85. The van der Waals surface area contributed by atoms with Gasteiger partial charge in [0.15, 0.2) is 5.06 Å². The van der Waals surface area contributed by atoms with Crippen LogP contribution in [0.5, 0.6) is 5.06 Å².